The van der Waals surface area contributed by atoms with E-state index in [-0.39, 0.29) is 38.1 Å². The number of benzene rings is 3. The number of hydrogen-bond donors (Lipinski definition) is 4. The topological polar surface area (TPSA) is 223 Å². The molecule has 2 aliphatic heterocycles. The van der Waals surface area contributed by atoms with Gasteiger partial charge in [0.05, 0.1) is 107 Å². The number of pyridine rings is 1. The maximum atomic E-state index is 13.7. The van der Waals surface area contributed by atoms with Crippen LogP contribution in [0.25, 0.3) is 33.9 Å². The van der Waals surface area contributed by atoms with Crippen LogP contribution in [0.1, 0.15) is 18.9 Å². The molecule has 8 rings (SSSR count). The third-order valence-electron chi connectivity index (χ3n) is 12.1. The zero-order chi connectivity index (χ0) is 53.1. The Morgan fingerprint density at radius 1 is 0.882 bits per heavy atom. The van der Waals surface area contributed by atoms with Gasteiger partial charge in [-0.15, -0.1) is 0 Å². The van der Waals surface area contributed by atoms with E-state index in [4.69, 9.17) is 49.2 Å². The Kier molecular flexibility index (Phi) is 20.6. The molecule has 0 amide bonds. The first-order chi connectivity index (χ1) is 37.1. The Bertz CT molecular complexity index is 3020. The number of aromatic hydroxyl groups is 1. The number of anilines is 2. The fourth-order valence-electron chi connectivity index (χ4n) is 8.26. The minimum atomic E-state index is -0.495. The molecule has 5 heterocycles. The van der Waals surface area contributed by atoms with Gasteiger partial charge in [-0.05, 0) is 72.0 Å². The van der Waals surface area contributed by atoms with Crippen LogP contribution in [0.15, 0.2) is 134 Å². The largest absolute Gasteiger partial charge is 0.504 e. The molecular weight excluding hydrogens is 1000 g/mol. The Morgan fingerprint density at radius 3 is 2.38 bits per heavy atom. The number of imidazole rings is 1. The molecule has 6 aromatic rings. The monoisotopic (exact) mass is 1060 g/mol. The van der Waals surface area contributed by atoms with Crippen LogP contribution in [0.5, 0.6) is 11.5 Å². The van der Waals surface area contributed by atoms with Gasteiger partial charge in [0, 0.05) is 86.6 Å². The van der Waals surface area contributed by atoms with E-state index in [9.17, 15) is 19.1 Å². The zero-order valence-corrected chi connectivity index (χ0v) is 43.4. The van der Waals surface area contributed by atoms with Gasteiger partial charge in [-0.3, -0.25) is 4.90 Å². The highest BCUT2D eigenvalue weighted by Crippen LogP contribution is 2.43. The molecule has 0 aliphatic carbocycles. The first kappa shape index (κ1) is 55.3. The SMILES string of the molecule is CCOC(=O)C1=C(Nc2ccccc2)S/C(=C\c2ccc(OCCOCCN(N)/C=C(\N)COCCOCCOCCOCCN3CCN(c4ccc5cc(-c6cn7ccc(F)cc7n6)c(=O)oc5c4)CC3)c(O)c2)C1. The third-order valence-corrected chi connectivity index (χ3v) is 13.2. The van der Waals surface area contributed by atoms with Crippen molar-refractivity contribution in [2.45, 2.75) is 13.3 Å². The minimum Gasteiger partial charge on any atom is -0.504 e. The highest BCUT2D eigenvalue weighted by Gasteiger charge is 2.27. The number of phenolic OH excluding ortho intramolecular Hbond substituents is 1. The van der Waals surface area contributed by atoms with E-state index in [1.54, 1.807) is 48.1 Å². The zero-order valence-electron chi connectivity index (χ0n) is 42.5. The number of piperazine rings is 1. The Hall–Kier alpha value is -6.95. The summed E-state index contributed by atoms with van der Waals surface area (Å²) in [6.45, 7) is 10.9. The number of rotatable bonds is 29. The number of allylic oxidation sites excluding steroid dienone is 1. The van der Waals surface area contributed by atoms with Crippen LogP contribution in [0.2, 0.25) is 0 Å². The summed E-state index contributed by atoms with van der Waals surface area (Å²) in [6, 6.07) is 25.1. The number of hydrazine groups is 1. The molecule has 6 N–H and O–H groups in total. The van der Waals surface area contributed by atoms with Gasteiger partial charge in [0.15, 0.2) is 11.5 Å². The second-order valence-corrected chi connectivity index (χ2v) is 18.8. The summed E-state index contributed by atoms with van der Waals surface area (Å²) in [7, 11) is 0. The van der Waals surface area contributed by atoms with Gasteiger partial charge in [-0.2, -0.15) is 0 Å². The molecule has 0 unspecified atom stereocenters. The number of phenols is 1. The fourth-order valence-corrected chi connectivity index (χ4v) is 9.39. The van der Waals surface area contributed by atoms with Crippen molar-refractivity contribution >= 4 is 51.8 Å². The van der Waals surface area contributed by atoms with Gasteiger partial charge in [0.1, 0.15) is 23.7 Å². The Balaban J connectivity index is 0.604. The number of para-hydroxylation sites is 1. The van der Waals surface area contributed by atoms with Crippen molar-refractivity contribution in [1.29, 1.82) is 0 Å². The maximum absolute atomic E-state index is 13.7. The van der Waals surface area contributed by atoms with Crippen LogP contribution < -0.4 is 32.2 Å². The van der Waals surface area contributed by atoms with Crippen molar-refractivity contribution in [2.24, 2.45) is 11.6 Å². The summed E-state index contributed by atoms with van der Waals surface area (Å²) in [4.78, 5) is 35.7. The molecule has 19 nitrogen and oxygen atoms in total. The summed E-state index contributed by atoms with van der Waals surface area (Å²) >= 11 is 1.46. The van der Waals surface area contributed by atoms with Gasteiger partial charge in [-0.25, -0.2) is 24.8 Å². The molecule has 0 atom stereocenters. The van der Waals surface area contributed by atoms with Crippen molar-refractivity contribution in [2.75, 3.05) is 129 Å². The smallest absolute Gasteiger partial charge is 0.345 e. The average Bonchev–Trinajstić information content (AvgIpc) is 4.03. The number of nitrogens with one attached hydrogen (secondary N) is 1. The van der Waals surface area contributed by atoms with Gasteiger partial charge < -0.3 is 68.0 Å². The maximum Gasteiger partial charge on any atom is 0.345 e. The van der Waals surface area contributed by atoms with Crippen molar-refractivity contribution in [3.8, 4) is 22.8 Å². The number of hydrogen-bond acceptors (Lipinski definition) is 19. The molecule has 2 aliphatic rings. The quantitative estimate of drug-likeness (QED) is 0.0128. The normalized spacial score (nSPS) is 14.9. The van der Waals surface area contributed by atoms with Crippen molar-refractivity contribution in [1.82, 2.24) is 19.3 Å². The van der Waals surface area contributed by atoms with Crippen LogP contribution in [0, 0.1) is 5.82 Å². The van der Waals surface area contributed by atoms with E-state index >= 15 is 0 Å². The summed E-state index contributed by atoms with van der Waals surface area (Å²) in [5, 5.41) is 16.9. The summed E-state index contributed by atoms with van der Waals surface area (Å²) < 4.78 is 60.4. The van der Waals surface area contributed by atoms with Gasteiger partial charge in [0.25, 0.3) is 0 Å². The van der Waals surface area contributed by atoms with Crippen molar-refractivity contribution in [3.05, 3.63) is 147 Å². The van der Waals surface area contributed by atoms with E-state index in [0.717, 1.165) is 65.0 Å². The molecule has 3 aromatic carbocycles. The molecular formula is C55H65FN8O11S. The number of nitrogens with zero attached hydrogens (tertiary/aromatic N) is 5. The average molecular weight is 1070 g/mol. The molecule has 76 heavy (non-hydrogen) atoms. The predicted octanol–water partition coefficient (Wildman–Crippen LogP) is 6.58. The molecule has 1 fully saturated rings. The lowest BCUT2D eigenvalue weighted by Crippen LogP contribution is -2.47. The van der Waals surface area contributed by atoms with Crippen LogP contribution in [0.4, 0.5) is 15.8 Å². The number of ether oxygens (including phenoxy) is 7. The number of thioether (sulfide) groups is 1. The summed E-state index contributed by atoms with van der Waals surface area (Å²) in [6.07, 6.45) is 7.18. The molecule has 3 aromatic heterocycles. The Morgan fingerprint density at radius 2 is 1.62 bits per heavy atom. The van der Waals surface area contributed by atoms with Crippen molar-refractivity contribution < 1.29 is 51.9 Å². The van der Waals surface area contributed by atoms with Crippen molar-refractivity contribution in [3.63, 3.8) is 0 Å². The van der Waals surface area contributed by atoms with Gasteiger partial charge in [-0.1, -0.05) is 36.0 Å². The number of nitrogens with two attached hydrogens (primary N) is 2. The second-order valence-electron chi connectivity index (χ2n) is 17.7. The standard InChI is InChI=1S/C55H65FN8O11S/c1-2-73-54(66)47-35-45(76-53(47)59-43-6-4-3-5-7-43)30-39-8-11-50(49(65)31-39)74-29-28-69-21-19-64(58)36-42(57)38-72-27-26-71-25-24-70-23-22-68-20-18-61-14-16-62(17-15-61)44-10-9-40-32-46(55(67)75-51(40)34-44)48-37-63-13-12-41(56)33-52(63)60-48/h3-13,30-34,36-37,59,65H,2,14-29,35,38,57-58H2,1H3/b42-36-,45-30-. The third kappa shape index (κ3) is 16.3. The van der Waals surface area contributed by atoms with Crippen LogP contribution in [-0.2, 0) is 33.2 Å². The van der Waals surface area contributed by atoms with Gasteiger partial charge >= 0.3 is 11.6 Å². The summed E-state index contributed by atoms with van der Waals surface area (Å²) in [5.74, 6) is 5.62. The molecule has 0 bridgehead atoms. The summed E-state index contributed by atoms with van der Waals surface area (Å²) in [5.41, 5.74) is 10.9. The highest BCUT2D eigenvalue weighted by molar-refractivity contribution is 8.07. The molecule has 0 saturated carbocycles. The van der Waals surface area contributed by atoms with E-state index in [1.165, 1.54) is 28.9 Å². The fraction of sp³-hybridized carbons (Fsp3) is 0.364. The second kappa shape index (κ2) is 28.3. The molecule has 404 valence electrons. The van der Waals surface area contributed by atoms with E-state index < -0.39 is 11.4 Å². The first-order valence-corrected chi connectivity index (χ1v) is 26.0. The first-order valence-electron chi connectivity index (χ1n) is 25.2. The molecule has 0 radical (unpaired) electrons. The Labute approximate surface area is 444 Å². The molecule has 21 heteroatoms. The number of esters is 1. The lowest BCUT2D eigenvalue weighted by atomic mass is 10.1. The minimum absolute atomic E-state index is 0.00992. The lowest BCUT2D eigenvalue weighted by molar-refractivity contribution is -0.138. The number of carbonyl (C=O) groups excluding carboxylic acids is 1. The predicted molar refractivity (Wildman–Crippen MR) is 290 cm³/mol. The molecule has 1 saturated heterocycles. The number of carbonyl (C=O) groups is 1. The van der Waals surface area contributed by atoms with E-state index in [2.05, 4.69) is 20.1 Å². The lowest BCUT2D eigenvalue weighted by Gasteiger charge is -2.36. The van der Waals surface area contributed by atoms with Crippen LogP contribution in [-0.4, -0.2) is 149 Å². The van der Waals surface area contributed by atoms with Gasteiger partial charge in [0.2, 0.25) is 0 Å². The number of halogens is 1. The number of fused-ring (bicyclic) bond motifs is 2. The van der Waals surface area contributed by atoms with Crippen LogP contribution in [0.3, 0.4) is 0 Å². The molecule has 0 spiro atoms. The highest BCUT2D eigenvalue weighted by atomic mass is 32.2. The van der Waals surface area contributed by atoms with E-state index in [1.807, 2.05) is 60.7 Å². The van der Waals surface area contributed by atoms with E-state index in [0.29, 0.717) is 105 Å². The number of aromatic nitrogens is 2. The van der Waals surface area contributed by atoms with Crippen LogP contribution >= 0.6 is 11.8 Å².